The zero-order valence-corrected chi connectivity index (χ0v) is 11.7. The Kier molecular flexibility index (Phi) is 4.50. The van der Waals surface area contributed by atoms with Gasteiger partial charge < -0.3 is 9.64 Å². The summed E-state index contributed by atoms with van der Waals surface area (Å²) < 4.78 is 5.80. The van der Waals surface area contributed by atoms with Gasteiger partial charge in [0.2, 0.25) is 0 Å². The van der Waals surface area contributed by atoms with Crippen LogP contribution in [-0.4, -0.2) is 54.0 Å². The van der Waals surface area contributed by atoms with E-state index in [2.05, 4.69) is 18.7 Å². The van der Waals surface area contributed by atoms with Crippen LogP contribution in [-0.2, 0) is 9.53 Å². The highest BCUT2D eigenvalue weighted by Gasteiger charge is 2.28. The van der Waals surface area contributed by atoms with Crippen molar-refractivity contribution in [3.63, 3.8) is 0 Å². The summed E-state index contributed by atoms with van der Waals surface area (Å²) in [5.74, 6) is 1.69. The summed E-state index contributed by atoms with van der Waals surface area (Å²) >= 11 is 2.05. The largest absolute Gasteiger partial charge is 0.380 e. The molecule has 0 N–H and O–H groups in total. The van der Waals surface area contributed by atoms with Crippen LogP contribution < -0.4 is 0 Å². The van der Waals surface area contributed by atoms with E-state index >= 15 is 0 Å². The van der Waals surface area contributed by atoms with Crippen LogP contribution in [0.2, 0.25) is 0 Å². The van der Waals surface area contributed by atoms with Gasteiger partial charge in [-0.15, -0.1) is 0 Å². The first-order chi connectivity index (χ1) is 8.07. The lowest BCUT2D eigenvalue weighted by molar-refractivity contribution is -0.131. The Morgan fingerprint density at radius 3 is 3.06 bits per heavy atom. The second-order valence-electron chi connectivity index (χ2n) is 5.65. The SMILES string of the molecule is CC1(C)CCN(CC2COCCC2=O)CCS1. The fourth-order valence-corrected chi connectivity index (χ4v) is 3.54. The molecular formula is C13H23NO2S. The lowest BCUT2D eigenvalue weighted by Crippen LogP contribution is -2.39. The van der Waals surface area contributed by atoms with Crippen LogP contribution in [0.15, 0.2) is 0 Å². The second-order valence-corrected chi connectivity index (χ2v) is 7.45. The topological polar surface area (TPSA) is 29.5 Å². The number of carbonyl (C=O) groups excluding carboxylic acids is 1. The van der Waals surface area contributed by atoms with Gasteiger partial charge in [-0.05, 0) is 13.0 Å². The van der Waals surface area contributed by atoms with E-state index in [1.807, 2.05) is 11.8 Å². The smallest absolute Gasteiger partial charge is 0.141 e. The zero-order valence-electron chi connectivity index (χ0n) is 10.9. The highest BCUT2D eigenvalue weighted by atomic mass is 32.2. The molecule has 1 atom stereocenters. The lowest BCUT2D eigenvalue weighted by Gasteiger charge is -2.28. The number of ketones is 1. The number of rotatable bonds is 2. The zero-order chi connectivity index (χ0) is 12.3. The minimum absolute atomic E-state index is 0.120. The van der Waals surface area contributed by atoms with Gasteiger partial charge in [-0.25, -0.2) is 0 Å². The summed E-state index contributed by atoms with van der Waals surface area (Å²) in [7, 11) is 0. The van der Waals surface area contributed by atoms with Crippen molar-refractivity contribution < 1.29 is 9.53 Å². The summed E-state index contributed by atoms with van der Waals surface area (Å²) in [5.41, 5.74) is 0. The standard InChI is InChI=1S/C13H23NO2S/c1-13(2)4-5-14(6-8-17-13)9-11-10-16-7-3-12(11)15/h11H,3-10H2,1-2H3. The summed E-state index contributed by atoms with van der Waals surface area (Å²) in [6, 6.07) is 0. The maximum absolute atomic E-state index is 11.8. The molecule has 2 rings (SSSR count). The predicted molar refractivity (Wildman–Crippen MR) is 71.5 cm³/mol. The van der Waals surface area contributed by atoms with Gasteiger partial charge in [-0.3, -0.25) is 4.79 Å². The van der Waals surface area contributed by atoms with E-state index in [0.29, 0.717) is 30.2 Å². The number of Topliss-reactive ketones (excluding diaryl/α,β-unsaturated/α-hetero) is 1. The Balaban J connectivity index is 1.84. The van der Waals surface area contributed by atoms with Gasteiger partial charge in [0.05, 0.1) is 19.1 Å². The van der Waals surface area contributed by atoms with Crippen LogP contribution in [0.25, 0.3) is 0 Å². The van der Waals surface area contributed by atoms with E-state index in [0.717, 1.165) is 19.6 Å². The average Bonchev–Trinajstić information content (AvgIpc) is 2.44. The van der Waals surface area contributed by atoms with E-state index < -0.39 is 0 Å². The molecule has 0 spiro atoms. The van der Waals surface area contributed by atoms with E-state index in [4.69, 9.17) is 4.74 Å². The molecule has 98 valence electrons. The molecule has 2 saturated heterocycles. The average molecular weight is 257 g/mol. The predicted octanol–water partition coefficient (Wildman–Crippen LogP) is 1.81. The van der Waals surface area contributed by atoms with E-state index in [9.17, 15) is 4.79 Å². The maximum atomic E-state index is 11.8. The minimum Gasteiger partial charge on any atom is -0.380 e. The van der Waals surface area contributed by atoms with E-state index in [1.54, 1.807) is 0 Å². The van der Waals surface area contributed by atoms with Crippen molar-refractivity contribution in [2.24, 2.45) is 5.92 Å². The van der Waals surface area contributed by atoms with Crippen molar-refractivity contribution >= 4 is 17.5 Å². The molecule has 2 aliphatic rings. The number of thioether (sulfide) groups is 1. The lowest BCUT2D eigenvalue weighted by atomic mass is 9.99. The molecule has 0 aromatic rings. The Morgan fingerprint density at radius 1 is 1.47 bits per heavy atom. The molecule has 0 aromatic carbocycles. The van der Waals surface area contributed by atoms with Crippen molar-refractivity contribution in [2.75, 3.05) is 38.6 Å². The van der Waals surface area contributed by atoms with Crippen LogP contribution in [0.1, 0.15) is 26.7 Å². The van der Waals surface area contributed by atoms with Crippen molar-refractivity contribution in [1.29, 1.82) is 0 Å². The van der Waals surface area contributed by atoms with Gasteiger partial charge in [0.1, 0.15) is 5.78 Å². The Bertz CT molecular complexity index is 281. The normalized spacial score (nSPS) is 31.2. The van der Waals surface area contributed by atoms with E-state index in [-0.39, 0.29) is 5.92 Å². The Labute approximate surface area is 108 Å². The Hall–Kier alpha value is -0.0600. The van der Waals surface area contributed by atoms with Crippen LogP contribution in [0.4, 0.5) is 0 Å². The molecular weight excluding hydrogens is 234 g/mol. The van der Waals surface area contributed by atoms with Gasteiger partial charge in [0, 0.05) is 30.0 Å². The molecule has 0 amide bonds. The number of hydrogen-bond acceptors (Lipinski definition) is 4. The molecule has 0 aromatic heterocycles. The van der Waals surface area contributed by atoms with Gasteiger partial charge in [0.25, 0.3) is 0 Å². The van der Waals surface area contributed by atoms with Crippen LogP contribution in [0.3, 0.4) is 0 Å². The van der Waals surface area contributed by atoms with Crippen molar-refractivity contribution in [1.82, 2.24) is 4.90 Å². The number of carbonyl (C=O) groups is 1. The van der Waals surface area contributed by atoms with Crippen LogP contribution in [0.5, 0.6) is 0 Å². The maximum Gasteiger partial charge on any atom is 0.141 e. The first kappa shape index (κ1) is 13.4. The fraction of sp³-hybridized carbons (Fsp3) is 0.923. The third kappa shape index (κ3) is 3.97. The summed E-state index contributed by atoms with van der Waals surface area (Å²) in [4.78, 5) is 14.2. The van der Waals surface area contributed by atoms with Gasteiger partial charge in [0.15, 0.2) is 0 Å². The minimum atomic E-state index is 0.120. The van der Waals surface area contributed by atoms with Crippen LogP contribution >= 0.6 is 11.8 Å². The molecule has 0 radical (unpaired) electrons. The third-order valence-corrected chi connectivity index (χ3v) is 5.05. The molecule has 4 heteroatoms. The van der Waals surface area contributed by atoms with Crippen LogP contribution in [0, 0.1) is 5.92 Å². The van der Waals surface area contributed by atoms with Crippen molar-refractivity contribution in [3.05, 3.63) is 0 Å². The number of nitrogens with zero attached hydrogens (tertiary/aromatic N) is 1. The van der Waals surface area contributed by atoms with Crippen molar-refractivity contribution in [3.8, 4) is 0 Å². The highest BCUT2D eigenvalue weighted by molar-refractivity contribution is 8.00. The first-order valence-corrected chi connectivity index (χ1v) is 7.52. The fourth-order valence-electron chi connectivity index (χ4n) is 2.41. The molecule has 1 unspecified atom stereocenters. The Morgan fingerprint density at radius 2 is 2.29 bits per heavy atom. The molecule has 3 nitrogen and oxygen atoms in total. The van der Waals surface area contributed by atoms with Crippen molar-refractivity contribution in [2.45, 2.75) is 31.4 Å². The first-order valence-electron chi connectivity index (χ1n) is 6.54. The van der Waals surface area contributed by atoms with Gasteiger partial charge in [-0.1, -0.05) is 13.8 Å². The molecule has 0 saturated carbocycles. The molecule has 17 heavy (non-hydrogen) atoms. The monoisotopic (exact) mass is 257 g/mol. The second kappa shape index (κ2) is 5.72. The van der Waals surface area contributed by atoms with Gasteiger partial charge in [-0.2, -0.15) is 11.8 Å². The molecule has 2 heterocycles. The quantitative estimate of drug-likeness (QED) is 0.754. The van der Waals surface area contributed by atoms with Gasteiger partial charge >= 0.3 is 0 Å². The molecule has 0 aliphatic carbocycles. The highest BCUT2D eigenvalue weighted by Crippen LogP contribution is 2.31. The van der Waals surface area contributed by atoms with E-state index in [1.165, 1.54) is 12.2 Å². The molecule has 2 aliphatic heterocycles. The summed E-state index contributed by atoms with van der Waals surface area (Å²) in [5, 5.41) is 0. The molecule has 0 bridgehead atoms. The number of hydrogen-bond donors (Lipinski definition) is 0. The summed E-state index contributed by atoms with van der Waals surface area (Å²) in [6.07, 6.45) is 1.82. The number of ether oxygens (including phenoxy) is 1. The summed E-state index contributed by atoms with van der Waals surface area (Å²) in [6.45, 7) is 9.01. The third-order valence-electron chi connectivity index (χ3n) is 3.68. The molecule has 2 fully saturated rings.